The van der Waals surface area contributed by atoms with E-state index in [0.29, 0.717) is 12.1 Å². The van der Waals surface area contributed by atoms with Gasteiger partial charge < -0.3 is 10.0 Å². The van der Waals surface area contributed by atoms with Gasteiger partial charge >= 0.3 is 0 Å². The molecular formula is C16H16N2O. The lowest BCUT2D eigenvalue weighted by molar-refractivity contribution is 0.185. The highest BCUT2D eigenvalue weighted by Crippen LogP contribution is 2.18. The van der Waals surface area contributed by atoms with Gasteiger partial charge in [0.05, 0.1) is 17.7 Å². The molecule has 0 aromatic heterocycles. The largest absolute Gasteiger partial charge is 0.387 e. The molecule has 0 saturated carbocycles. The zero-order valence-electron chi connectivity index (χ0n) is 10.8. The molecule has 1 unspecified atom stereocenters. The second-order valence-corrected chi connectivity index (χ2v) is 4.47. The molecule has 3 heteroatoms. The monoisotopic (exact) mass is 252 g/mol. The summed E-state index contributed by atoms with van der Waals surface area (Å²) in [6.45, 7) is 0.510. The smallest absolute Gasteiger partial charge is 0.0991 e. The number of nitriles is 1. The highest BCUT2D eigenvalue weighted by molar-refractivity contribution is 5.49. The number of hydrogen-bond donors (Lipinski definition) is 1. The van der Waals surface area contributed by atoms with Crippen LogP contribution in [0.25, 0.3) is 0 Å². The van der Waals surface area contributed by atoms with E-state index in [1.165, 1.54) is 0 Å². The zero-order valence-corrected chi connectivity index (χ0v) is 10.8. The maximum Gasteiger partial charge on any atom is 0.0991 e. The van der Waals surface area contributed by atoms with Crippen LogP contribution in [0.15, 0.2) is 54.6 Å². The molecule has 1 N–H and O–H groups in total. The molecule has 96 valence electrons. The van der Waals surface area contributed by atoms with Crippen molar-refractivity contribution < 1.29 is 5.11 Å². The number of aliphatic hydroxyl groups excluding tert-OH is 1. The first-order valence-corrected chi connectivity index (χ1v) is 6.15. The molecule has 2 aromatic rings. The fourth-order valence-corrected chi connectivity index (χ4v) is 1.94. The highest BCUT2D eigenvalue weighted by atomic mass is 16.3. The SMILES string of the molecule is CN(CC(O)c1ccccc1)c1ccc(C#N)cc1. The molecule has 0 bridgehead atoms. The summed E-state index contributed by atoms with van der Waals surface area (Å²) in [5.74, 6) is 0. The summed E-state index contributed by atoms with van der Waals surface area (Å²) >= 11 is 0. The number of anilines is 1. The van der Waals surface area contributed by atoms with Gasteiger partial charge in [-0.3, -0.25) is 0 Å². The Hall–Kier alpha value is -2.31. The van der Waals surface area contributed by atoms with E-state index in [9.17, 15) is 5.11 Å². The number of aliphatic hydroxyl groups is 1. The number of hydrogen-bond acceptors (Lipinski definition) is 3. The van der Waals surface area contributed by atoms with Crippen molar-refractivity contribution in [2.24, 2.45) is 0 Å². The van der Waals surface area contributed by atoms with E-state index in [-0.39, 0.29) is 0 Å². The Balaban J connectivity index is 2.04. The summed E-state index contributed by atoms with van der Waals surface area (Å²) in [4.78, 5) is 1.97. The lowest BCUT2D eigenvalue weighted by Crippen LogP contribution is -2.24. The van der Waals surface area contributed by atoms with Crippen molar-refractivity contribution in [2.45, 2.75) is 6.10 Å². The first-order valence-electron chi connectivity index (χ1n) is 6.15. The van der Waals surface area contributed by atoms with Gasteiger partial charge in [-0.15, -0.1) is 0 Å². The Kier molecular flexibility index (Phi) is 4.17. The van der Waals surface area contributed by atoms with Crippen molar-refractivity contribution in [2.75, 3.05) is 18.5 Å². The van der Waals surface area contributed by atoms with Gasteiger partial charge in [0.25, 0.3) is 0 Å². The Bertz CT molecular complexity index is 558. The molecule has 0 spiro atoms. The van der Waals surface area contributed by atoms with Crippen LogP contribution < -0.4 is 4.90 Å². The average Bonchev–Trinajstić information content (AvgIpc) is 2.48. The summed E-state index contributed by atoms with van der Waals surface area (Å²) in [5.41, 5.74) is 2.53. The summed E-state index contributed by atoms with van der Waals surface area (Å²) in [5, 5.41) is 18.9. The third-order valence-corrected chi connectivity index (χ3v) is 3.07. The minimum atomic E-state index is -0.526. The number of nitrogens with zero attached hydrogens (tertiary/aromatic N) is 2. The molecule has 0 aliphatic heterocycles. The lowest BCUT2D eigenvalue weighted by atomic mass is 10.1. The first-order chi connectivity index (χ1) is 9.20. The van der Waals surface area contributed by atoms with Crippen LogP contribution in [0.2, 0.25) is 0 Å². The van der Waals surface area contributed by atoms with Gasteiger partial charge in [0.2, 0.25) is 0 Å². The molecule has 3 nitrogen and oxygen atoms in total. The lowest BCUT2D eigenvalue weighted by Gasteiger charge is -2.23. The van der Waals surface area contributed by atoms with Crippen LogP contribution >= 0.6 is 0 Å². The molecule has 0 fully saturated rings. The van der Waals surface area contributed by atoms with Crippen molar-refractivity contribution in [3.63, 3.8) is 0 Å². The van der Waals surface area contributed by atoms with E-state index >= 15 is 0 Å². The summed E-state index contributed by atoms with van der Waals surface area (Å²) in [6.07, 6.45) is -0.526. The molecule has 0 heterocycles. The predicted molar refractivity (Wildman–Crippen MR) is 75.8 cm³/mol. The van der Waals surface area contributed by atoms with Gasteiger partial charge in [0, 0.05) is 19.3 Å². The second-order valence-electron chi connectivity index (χ2n) is 4.47. The quantitative estimate of drug-likeness (QED) is 0.910. The van der Waals surface area contributed by atoms with Gasteiger partial charge in [-0.25, -0.2) is 0 Å². The van der Waals surface area contributed by atoms with Crippen molar-refractivity contribution >= 4 is 5.69 Å². The Labute approximate surface area is 113 Å². The van der Waals surface area contributed by atoms with Crippen molar-refractivity contribution in [3.8, 4) is 6.07 Å². The van der Waals surface area contributed by atoms with Gasteiger partial charge in [-0.2, -0.15) is 5.26 Å². The molecule has 0 saturated heterocycles. The van der Waals surface area contributed by atoms with Crippen LogP contribution in [0, 0.1) is 11.3 Å². The predicted octanol–water partition coefficient (Wildman–Crippen LogP) is 2.73. The summed E-state index contributed by atoms with van der Waals surface area (Å²) < 4.78 is 0. The number of rotatable bonds is 4. The Morgan fingerprint density at radius 2 is 1.74 bits per heavy atom. The normalized spacial score (nSPS) is 11.6. The van der Waals surface area contributed by atoms with E-state index in [0.717, 1.165) is 11.3 Å². The molecule has 2 aromatic carbocycles. The molecule has 0 aliphatic rings. The summed E-state index contributed by atoms with van der Waals surface area (Å²) in [7, 11) is 1.92. The average molecular weight is 252 g/mol. The van der Waals surface area contributed by atoms with Crippen LogP contribution in [0.1, 0.15) is 17.2 Å². The van der Waals surface area contributed by atoms with E-state index in [1.54, 1.807) is 12.1 Å². The third-order valence-electron chi connectivity index (χ3n) is 3.07. The molecule has 0 amide bonds. The number of likely N-dealkylation sites (N-methyl/N-ethyl adjacent to an activating group) is 1. The third kappa shape index (κ3) is 3.34. The molecule has 19 heavy (non-hydrogen) atoms. The molecular weight excluding hydrogens is 236 g/mol. The maximum atomic E-state index is 10.2. The van der Waals surface area contributed by atoms with E-state index in [4.69, 9.17) is 5.26 Å². The van der Waals surface area contributed by atoms with Crippen LogP contribution in [0.4, 0.5) is 5.69 Å². The fraction of sp³-hybridized carbons (Fsp3) is 0.188. The maximum absolute atomic E-state index is 10.2. The topological polar surface area (TPSA) is 47.3 Å². The minimum Gasteiger partial charge on any atom is -0.387 e. The molecule has 2 rings (SSSR count). The van der Waals surface area contributed by atoms with Crippen LogP contribution in [-0.2, 0) is 0 Å². The van der Waals surface area contributed by atoms with E-state index in [1.807, 2.05) is 54.4 Å². The summed E-state index contributed by atoms with van der Waals surface area (Å²) in [6, 6.07) is 19.0. The highest BCUT2D eigenvalue weighted by Gasteiger charge is 2.10. The van der Waals surface area contributed by atoms with Gasteiger partial charge in [0.1, 0.15) is 0 Å². The standard InChI is InChI=1S/C16H16N2O/c1-18(15-9-7-13(11-17)8-10-15)12-16(19)14-5-3-2-4-6-14/h2-10,16,19H,12H2,1H3. The minimum absolute atomic E-state index is 0.510. The second kappa shape index (κ2) is 6.03. The molecule has 1 atom stereocenters. The molecule has 0 radical (unpaired) electrons. The van der Waals surface area contributed by atoms with Crippen LogP contribution in [0.5, 0.6) is 0 Å². The molecule has 0 aliphatic carbocycles. The van der Waals surface area contributed by atoms with Gasteiger partial charge in [0.15, 0.2) is 0 Å². The first kappa shape index (κ1) is 13.1. The van der Waals surface area contributed by atoms with E-state index < -0.39 is 6.10 Å². The van der Waals surface area contributed by atoms with Crippen LogP contribution in [-0.4, -0.2) is 18.7 Å². The van der Waals surface area contributed by atoms with E-state index in [2.05, 4.69) is 6.07 Å². The zero-order chi connectivity index (χ0) is 13.7. The van der Waals surface area contributed by atoms with Crippen LogP contribution in [0.3, 0.4) is 0 Å². The van der Waals surface area contributed by atoms with Crippen molar-refractivity contribution in [1.29, 1.82) is 5.26 Å². The number of benzene rings is 2. The van der Waals surface area contributed by atoms with Crippen molar-refractivity contribution in [3.05, 3.63) is 65.7 Å². The Morgan fingerprint density at radius 3 is 2.32 bits per heavy atom. The van der Waals surface area contributed by atoms with Gasteiger partial charge in [-0.1, -0.05) is 30.3 Å². The Morgan fingerprint density at radius 1 is 1.11 bits per heavy atom. The van der Waals surface area contributed by atoms with Gasteiger partial charge in [-0.05, 0) is 29.8 Å². The van der Waals surface area contributed by atoms with Crippen molar-refractivity contribution in [1.82, 2.24) is 0 Å². The fourth-order valence-electron chi connectivity index (χ4n) is 1.94.